The molecule has 0 aliphatic carbocycles. The highest BCUT2D eigenvalue weighted by molar-refractivity contribution is 9.10. The van der Waals surface area contributed by atoms with Crippen molar-refractivity contribution in [2.24, 2.45) is 5.73 Å². The van der Waals surface area contributed by atoms with Crippen LogP contribution >= 0.6 is 15.9 Å². The summed E-state index contributed by atoms with van der Waals surface area (Å²) in [6, 6.07) is 3.77. The molecule has 3 rings (SSSR count). The third-order valence-electron chi connectivity index (χ3n) is 4.89. The Kier molecular flexibility index (Phi) is 6.71. The molecule has 0 unspecified atom stereocenters. The fourth-order valence-corrected chi connectivity index (χ4v) is 4.02. The Morgan fingerprint density at radius 1 is 1.37 bits per heavy atom. The van der Waals surface area contributed by atoms with Gasteiger partial charge < -0.3 is 15.2 Å². The van der Waals surface area contributed by atoms with E-state index in [0.29, 0.717) is 18.7 Å². The molecule has 1 aliphatic heterocycles. The molecule has 2 aromatic rings. The van der Waals surface area contributed by atoms with Gasteiger partial charge in [-0.25, -0.2) is 9.48 Å². The van der Waals surface area contributed by atoms with E-state index in [4.69, 9.17) is 15.2 Å². The maximum atomic E-state index is 12.8. The van der Waals surface area contributed by atoms with E-state index in [1.165, 1.54) is 0 Å². The maximum absolute atomic E-state index is 12.8. The molecule has 1 aliphatic rings. The fraction of sp³-hybridized carbons (Fsp3) is 0.571. The summed E-state index contributed by atoms with van der Waals surface area (Å²) < 4.78 is 14.5. The molecule has 0 radical (unpaired) electrons. The molecule has 2 N–H and O–H groups in total. The van der Waals surface area contributed by atoms with Gasteiger partial charge in [0.2, 0.25) is 0 Å². The molecule has 0 spiro atoms. The number of carbonyl (C=O) groups is 1. The van der Waals surface area contributed by atoms with E-state index >= 15 is 0 Å². The van der Waals surface area contributed by atoms with Crippen molar-refractivity contribution in [3.8, 4) is 5.75 Å². The summed E-state index contributed by atoms with van der Waals surface area (Å²) in [5.74, 6) is 0.691. The quantitative estimate of drug-likeness (QED) is 0.696. The molecule has 8 nitrogen and oxygen atoms in total. The average molecular weight is 480 g/mol. The number of rotatable bonds is 5. The summed E-state index contributed by atoms with van der Waals surface area (Å²) in [6.07, 6.45) is 2.20. The van der Waals surface area contributed by atoms with Crippen molar-refractivity contribution < 1.29 is 14.3 Å². The Hall–Kier alpha value is -2.13. The second kappa shape index (κ2) is 8.93. The molecule has 1 aromatic carbocycles. The Bertz CT molecular complexity index is 907. The van der Waals surface area contributed by atoms with Gasteiger partial charge in [0.25, 0.3) is 0 Å². The van der Waals surface area contributed by atoms with E-state index < -0.39 is 5.60 Å². The molecule has 0 saturated heterocycles. The zero-order chi connectivity index (χ0) is 22.1. The number of fused-ring (bicyclic) bond motifs is 1. The Balaban J connectivity index is 1.88. The number of hydrogen-bond donors (Lipinski definition) is 1. The fourth-order valence-electron chi connectivity index (χ4n) is 3.47. The molecule has 0 bridgehead atoms. The van der Waals surface area contributed by atoms with Crippen LogP contribution in [0.5, 0.6) is 5.75 Å². The first-order valence-electron chi connectivity index (χ1n) is 10.1. The summed E-state index contributed by atoms with van der Waals surface area (Å²) in [7, 11) is 0. The largest absolute Gasteiger partial charge is 0.487 e. The lowest BCUT2D eigenvalue weighted by atomic mass is 9.92. The first kappa shape index (κ1) is 22.6. The molecule has 0 saturated carbocycles. The molecule has 164 valence electrons. The monoisotopic (exact) mass is 479 g/mol. The number of benzene rings is 1. The third-order valence-corrected chi connectivity index (χ3v) is 5.63. The van der Waals surface area contributed by atoms with Crippen molar-refractivity contribution >= 4 is 22.0 Å². The molecular weight excluding hydrogens is 450 g/mol. The van der Waals surface area contributed by atoms with Crippen LogP contribution in [-0.4, -0.2) is 44.7 Å². The maximum Gasteiger partial charge on any atom is 0.410 e. The zero-order valence-electron chi connectivity index (χ0n) is 18.2. The number of hydrogen-bond acceptors (Lipinski definition) is 6. The van der Waals surface area contributed by atoms with Gasteiger partial charge in [-0.05, 0) is 58.7 Å². The van der Waals surface area contributed by atoms with E-state index in [0.717, 1.165) is 21.3 Å². The molecule has 1 aromatic heterocycles. The first-order valence-corrected chi connectivity index (χ1v) is 10.9. The summed E-state index contributed by atoms with van der Waals surface area (Å²) in [5, 5.41) is 8.29. The second-order valence-corrected chi connectivity index (χ2v) is 9.54. The highest BCUT2D eigenvalue weighted by Gasteiger charge is 2.36. The summed E-state index contributed by atoms with van der Waals surface area (Å²) in [5.41, 5.74) is 8.32. The predicted octanol–water partition coefficient (Wildman–Crippen LogP) is 3.99. The van der Waals surface area contributed by atoms with E-state index in [2.05, 4.69) is 26.2 Å². The molecule has 0 fully saturated rings. The van der Waals surface area contributed by atoms with Gasteiger partial charge in [-0.1, -0.05) is 21.1 Å². The topological polar surface area (TPSA) is 95.5 Å². The normalized spacial score (nSPS) is 16.5. The lowest BCUT2D eigenvalue weighted by molar-refractivity contribution is 0.0146. The van der Waals surface area contributed by atoms with Crippen molar-refractivity contribution in [2.45, 2.75) is 65.3 Å². The third kappa shape index (κ3) is 4.95. The van der Waals surface area contributed by atoms with E-state index in [1.54, 1.807) is 9.58 Å². The minimum absolute atomic E-state index is 0.232. The average Bonchev–Trinajstić information content (AvgIpc) is 3.14. The van der Waals surface area contributed by atoms with Crippen LogP contribution in [0.15, 0.2) is 22.8 Å². The van der Waals surface area contributed by atoms with Gasteiger partial charge in [-0.15, -0.1) is 5.10 Å². The zero-order valence-corrected chi connectivity index (χ0v) is 19.8. The van der Waals surface area contributed by atoms with E-state index in [-0.39, 0.29) is 31.3 Å². The Morgan fingerprint density at radius 3 is 2.70 bits per heavy atom. The Morgan fingerprint density at radius 2 is 2.10 bits per heavy atom. The lowest BCUT2D eigenvalue weighted by Crippen LogP contribution is -2.45. The summed E-state index contributed by atoms with van der Waals surface area (Å²) >= 11 is 3.64. The molecule has 9 heteroatoms. The van der Waals surface area contributed by atoms with Gasteiger partial charge in [0.1, 0.15) is 23.7 Å². The minimum Gasteiger partial charge on any atom is -0.487 e. The predicted molar refractivity (Wildman–Crippen MR) is 117 cm³/mol. The standard InChI is InChI=1S/C21H30BrN5O3/c1-13(2)27-11-14(24-25-27)12-29-18-7-6-16(22)15-8-9-26(17(10-23)19(15)18)20(28)30-21(3,4)5/h6-7,11,13,17H,8-10,12,23H2,1-5H3/t17-/m1/s1. The van der Waals surface area contributed by atoms with Crippen LogP contribution in [-0.2, 0) is 17.8 Å². The smallest absolute Gasteiger partial charge is 0.410 e. The molecule has 1 amide bonds. The highest BCUT2D eigenvalue weighted by Crippen LogP contribution is 2.40. The van der Waals surface area contributed by atoms with Gasteiger partial charge in [0.15, 0.2) is 0 Å². The highest BCUT2D eigenvalue weighted by atomic mass is 79.9. The van der Waals surface area contributed by atoms with Crippen molar-refractivity contribution in [3.63, 3.8) is 0 Å². The molecule has 2 heterocycles. The summed E-state index contributed by atoms with van der Waals surface area (Å²) in [4.78, 5) is 14.5. The van der Waals surface area contributed by atoms with Gasteiger partial charge in [0, 0.05) is 29.2 Å². The number of aromatic nitrogens is 3. The number of carbonyl (C=O) groups excluding carboxylic acids is 1. The van der Waals surface area contributed by atoms with Crippen LogP contribution in [0, 0.1) is 0 Å². The van der Waals surface area contributed by atoms with Crippen LogP contribution in [0.2, 0.25) is 0 Å². The molecule has 1 atom stereocenters. The van der Waals surface area contributed by atoms with Crippen LogP contribution in [0.1, 0.15) is 63.5 Å². The number of ether oxygens (including phenoxy) is 2. The molecule has 30 heavy (non-hydrogen) atoms. The number of amides is 1. The minimum atomic E-state index is -0.574. The van der Waals surface area contributed by atoms with Crippen LogP contribution in [0.25, 0.3) is 0 Å². The van der Waals surface area contributed by atoms with Crippen LogP contribution in [0.4, 0.5) is 4.79 Å². The second-order valence-electron chi connectivity index (χ2n) is 8.69. The van der Waals surface area contributed by atoms with Gasteiger partial charge in [0.05, 0.1) is 12.2 Å². The van der Waals surface area contributed by atoms with Gasteiger partial charge in [-0.2, -0.15) is 0 Å². The van der Waals surface area contributed by atoms with Crippen LogP contribution < -0.4 is 10.5 Å². The van der Waals surface area contributed by atoms with Crippen molar-refractivity contribution in [3.05, 3.63) is 39.6 Å². The number of nitrogens with zero attached hydrogens (tertiary/aromatic N) is 4. The lowest BCUT2D eigenvalue weighted by Gasteiger charge is -2.38. The van der Waals surface area contributed by atoms with E-state index in [1.807, 2.05) is 52.9 Å². The van der Waals surface area contributed by atoms with Gasteiger partial charge in [-0.3, -0.25) is 4.90 Å². The Labute approximate surface area is 185 Å². The van der Waals surface area contributed by atoms with Crippen LogP contribution in [0.3, 0.4) is 0 Å². The van der Waals surface area contributed by atoms with Crippen molar-refractivity contribution in [2.75, 3.05) is 13.1 Å². The molecular formula is C21H30BrN5O3. The summed E-state index contributed by atoms with van der Waals surface area (Å²) in [6.45, 7) is 10.7. The van der Waals surface area contributed by atoms with Crippen molar-refractivity contribution in [1.82, 2.24) is 19.9 Å². The SMILES string of the molecule is CC(C)n1cc(COc2ccc(Br)c3c2[C@@H](CN)N(C(=O)OC(C)(C)C)CC3)nn1. The van der Waals surface area contributed by atoms with Gasteiger partial charge >= 0.3 is 6.09 Å². The van der Waals surface area contributed by atoms with E-state index in [9.17, 15) is 4.79 Å². The van der Waals surface area contributed by atoms with Crippen molar-refractivity contribution in [1.29, 1.82) is 0 Å². The first-order chi connectivity index (χ1) is 14.1. The number of halogens is 1. The number of nitrogens with two attached hydrogens (primary N) is 1.